The maximum absolute atomic E-state index is 13.8. The topological polar surface area (TPSA) is 48.9 Å². The zero-order valence-corrected chi connectivity index (χ0v) is 18.8. The summed E-state index contributed by atoms with van der Waals surface area (Å²) in [4.78, 5) is 6.23. The van der Waals surface area contributed by atoms with Crippen molar-refractivity contribution in [1.29, 1.82) is 0 Å². The van der Waals surface area contributed by atoms with Crippen molar-refractivity contribution in [2.45, 2.75) is 12.6 Å². The summed E-state index contributed by atoms with van der Waals surface area (Å²) in [6.45, 7) is 0.709. The van der Waals surface area contributed by atoms with Crippen LogP contribution in [0.25, 0.3) is 0 Å². The number of methoxy groups -OCH3 is 1. The van der Waals surface area contributed by atoms with Crippen LogP contribution in [0.2, 0.25) is 0 Å². The average Bonchev–Trinajstić information content (AvgIpc) is 2.66. The molecule has 5 nitrogen and oxygen atoms in total. The minimum atomic E-state index is -0.471. The van der Waals surface area contributed by atoms with Crippen molar-refractivity contribution in [3.63, 3.8) is 0 Å². The van der Waals surface area contributed by atoms with E-state index in [0.29, 0.717) is 12.5 Å². The molecule has 0 saturated heterocycles. The van der Waals surface area contributed by atoms with Crippen molar-refractivity contribution in [3.8, 4) is 5.75 Å². The van der Waals surface area contributed by atoms with Crippen LogP contribution in [0.3, 0.4) is 0 Å². The number of nitrogens with zero attached hydrogens (tertiary/aromatic N) is 2. The maximum Gasteiger partial charge on any atom is 0.191 e. The number of hydrogen-bond donors (Lipinski definition) is 2. The zero-order valence-electron chi connectivity index (χ0n) is 16.5. The number of ether oxygens (including phenoxy) is 1. The quantitative estimate of drug-likeness (QED) is 0.344. The Balaban J connectivity index is 0.00000392. The van der Waals surface area contributed by atoms with Gasteiger partial charge in [-0.15, -0.1) is 24.0 Å². The zero-order chi connectivity index (χ0) is 19.8. The summed E-state index contributed by atoms with van der Waals surface area (Å²) in [6.07, 6.45) is 0. The Morgan fingerprint density at radius 2 is 1.89 bits per heavy atom. The molecule has 1 unspecified atom stereocenters. The van der Waals surface area contributed by atoms with Crippen LogP contribution in [0.4, 0.5) is 8.78 Å². The molecule has 154 valence electrons. The fraction of sp³-hybridized carbons (Fsp3) is 0.350. The molecule has 0 heterocycles. The van der Waals surface area contributed by atoms with Crippen molar-refractivity contribution in [3.05, 3.63) is 65.2 Å². The van der Waals surface area contributed by atoms with Crippen molar-refractivity contribution in [2.24, 2.45) is 4.99 Å². The summed E-state index contributed by atoms with van der Waals surface area (Å²) < 4.78 is 32.3. The van der Waals surface area contributed by atoms with Gasteiger partial charge in [0, 0.05) is 25.7 Å². The summed E-state index contributed by atoms with van der Waals surface area (Å²) >= 11 is 0. The average molecular weight is 504 g/mol. The van der Waals surface area contributed by atoms with Gasteiger partial charge in [-0.2, -0.15) is 0 Å². The van der Waals surface area contributed by atoms with E-state index in [0.717, 1.165) is 23.4 Å². The third kappa shape index (κ3) is 6.90. The van der Waals surface area contributed by atoms with E-state index in [2.05, 4.69) is 20.5 Å². The van der Waals surface area contributed by atoms with Crippen LogP contribution in [0.15, 0.2) is 47.5 Å². The van der Waals surface area contributed by atoms with Crippen molar-refractivity contribution in [1.82, 2.24) is 15.5 Å². The van der Waals surface area contributed by atoms with Crippen LogP contribution in [0.5, 0.6) is 5.75 Å². The largest absolute Gasteiger partial charge is 0.497 e. The second kappa shape index (κ2) is 11.8. The number of rotatable bonds is 7. The van der Waals surface area contributed by atoms with Crippen molar-refractivity contribution >= 4 is 29.9 Å². The molecule has 2 aromatic carbocycles. The molecule has 1 atom stereocenters. The first-order chi connectivity index (χ1) is 12.9. The van der Waals surface area contributed by atoms with E-state index in [1.165, 1.54) is 6.07 Å². The van der Waals surface area contributed by atoms with Gasteiger partial charge in [-0.05, 0) is 50.0 Å². The first-order valence-corrected chi connectivity index (χ1v) is 8.63. The molecule has 0 aliphatic heterocycles. The third-order valence-corrected chi connectivity index (χ3v) is 4.24. The smallest absolute Gasteiger partial charge is 0.191 e. The van der Waals surface area contributed by atoms with Gasteiger partial charge in [-0.25, -0.2) is 8.78 Å². The molecule has 0 spiro atoms. The Hall–Kier alpha value is -1.94. The van der Waals surface area contributed by atoms with Crippen LogP contribution in [-0.4, -0.2) is 45.7 Å². The monoisotopic (exact) mass is 504 g/mol. The molecule has 28 heavy (non-hydrogen) atoms. The summed E-state index contributed by atoms with van der Waals surface area (Å²) in [7, 11) is 7.25. The van der Waals surface area contributed by atoms with E-state index in [1.54, 1.807) is 14.2 Å². The Morgan fingerprint density at radius 3 is 2.54 bits per heavy atom. The Bertz CT molecular complexity index is 787. The Morgan fingerprint density at radius 1 is 1.14 bits per heavy atom. The molecule has 2 rings (SSSR count). The predicted octanol–water partition coefficient (Wildman–Crippen LogP) is 3.56. The molecule has 0 fully saturated rings. The van der Waals surface area contributed by atoms with Crippen LogP contribution >= 0.6 is 24.0 Å². The summed E-state index contributed by atoms with van der Waals surface area (Å²) in [5.41, 5.74) is 1.34. The molecule has 0 amide bonds. The molecule has 8 heteroatoms. The minimum absolute atomic E-state index is 0. The summed E-state index contributed by atoms with van der Waals surface area (Å²) in [5.74, 6) is 0.376. The van der Waals surface area contributed by atoms with Gasteiger partial charge in [0.05, 0.1) is 13.2 Å². The Kier molecular flexibility index (Phi) is 10.2. The lowest BCUT2D eigenvalue weighted by Crippen LogP contribution is -2.41. The molecule has 0 saturated carbocycles. The lowest BCUT2D eigenvalue weighted by molar-refractivity contribution is 0.297. The van der Waals surface area contributed by atoms with E-state index in [9.17, 15) is 8.78 Å². The minimum Gasteiger partial charge on any atom is -0.497 e. The number of aliphatic imine (C=N–C) groups is 1. The molecule has 0 aromatic heterocycles. The fourth-order valence-corrected chi connectivity index (χ4v) is 2.72. The lowest BCUT2D eigenvalue weighted by atomic mass is 10.1. The number of nitrogens with one attached hydrogen (secondary N) is 2. The van der Waals surface area contributed by atoms with Gasteiger partial charge in [0.25, 0.3) is 0 Å². The third-order valence-electron chi connectivity index (χ3n) is 4.24. The molecule has 0 radical (unpaired) electrons. The SMILES string of the molecule is CN=C(NCc1cc(F)ccc1F)NCC(c1cccc(OC)c1)N(C)C.I. The standard InChI is InChI=1S/C20H26F2N4O.HI/c1-23-20(24-12-15-10-16(21)8-9-18(15)22)25-13-19(26(2)3)14-6-5-7-17(11-14)27-4;/h5-11,19H,12-13H2,1-4H3,(H2,23,24,25);1H. The van der Waals surface area contributed by atoms with Crippen LogP contribution < -0.4 is 15.4 Å². The second-order valence-corrected chi connectivity index (χ2v) is 6.30. The lowest BCUT2D eigenvalue weighted by Gasteiger charge is -2.26. The van der Waals surface area contributed by atoms with E-state index in [4.69, 9.17) is 4.74 Å². The predicted molar refractivity (Wildman–Crippen MR) is 119 cm³/mol. The van der Waals surface area contributed by atoms with E-state index in [-0.39, 0.29) is 42.1 Å². The van der Waals surface area contributed by atoms with Crippen LogP contribution in [0.1, 0.15) is 17.2 Å². The molecule has 0 bridgehead atoms. The summed E-state index contributed by atoms with van der Waals surface area (Å²) in [6, 6.07) is 11.3. The molecule has 0 aliphatic carbocycles. The van der Waals surface area contributed by atoms with Crippen molar-refractivity contribution in [2.75, 3.05) is 34.8 Å². The highest BCUT2D eigenvalue weighted by Gasteiger charge is 2.15. The van der Waals surface area contributed by atoms with Gasteiger partial charge >= 0.3 is 0 Å². The van der Waals surface area contributed by atoms with Crippen molar-refractivity contribution < 1.29 is 13.5 Å². The van der Waals surface area contributed by atoms with Crippen LogP contribution in [0, 0.1) is 11.6 Å². The van der Waals surface area contributed by atoms with Gasteiger partial charge < -0.3 is 20.3 Å². The number of likely N-dealkylation sites (N-methyl/N-ethyl adjacent to an activating group) is 1. The number of halogens is 3. The van der Waals surface area contributed by atoms with Crippen LogP contribution in [-0.2, 0) is 6.54 Å². The van der Waals surface area contributed by atoms with Gasteiger partial charge in [0.1, 0.15) is 17.4 Å². The number of hydrogen-bond acceptors (Lipinski definition) is 3. The normalized spacial score (nSPS) is 12.3. The van der Waals surface area contributed by atoms with Gasteiger partial charge in [-0.1, -0.05) is 12.1 Å². The van der Waals surface area contributed by atoms with E-state index < -0.39 is 11.6 Å². The maximum atomic E-state index is 13.8. The highest BCUT2D eigenvalue weighted by molar-refractivity contribution is 14.0. The van der Waals surface area contributed by atoms with Gasteiger partial charge in [-0.3, -0.25) is 4.99 Å². The molecular formula is C20H27F2IN4O. The summed E-state index contributed by atoms with van der Waals surface area (Å²) in [5, 5.41) is 6.24. The van der Waals surface area contributed by atoms with E-state index in [1.807, 2.05) is 38.4 Å². The number of guanidine groups is 1. The first kappa shape index (κ1) is 24.1. The second-order valence-electron chi connectivity index (χ2n) is 6.30. The van der Waals surface area contributed by atoms with Gasteiger partial charge in [0.15, 0.2) is 5.96 Å². The highest BCUT2D eigenvalue weighted by Crippen LogP contribution is 2.22. The highest BCUT2D eigenvalue weighted by atomic mass is 127. The number of benzene rings is 2. The Labute approximate surface area is 182 Å². The molecule has 2 aromatic rings. The first-order valence-electron chi connectivity index (χ1n) is 8.63. The molecule has 0 aliphatic rings. The fourth-order valence-electron chi connectivity index (χ4n) is 2.72. The van der Waals surface area contributed by atoms with Gasteiger partial charge in [0.2, 0.25) is 0 Å². The van der Waals surface area contributed by atoms with E-state index >= 15 is 0 Å². The molecular weight excluding hydrogens is 477 g/mol. The molecule has 2 N–H and O–H groups in total.